The molecule has 1 unspecified atom stereocenters. The maximum absolute atomic E-state index is 5.46. The Hall–Kier alpha value is -2.26. The third-order valence-electron chi connectivity index (χ3n) is 6.26. The van der Waals surface area contributed by atoms with Gasteiger partial charge in [0.2, 0.25) is 0 Å². The lowest BCUT2D eigenvalue weighted by atomic mass is 9.87. The van der Waals surface area contributed by atoms with Crippen molar-refractivity contribution in [2.75, 3.05) is 18.8 Å². The molecule has 3 aromatic carbocycles. The fourth-order valence-corrected chi connectivity index (χ4v) is 5.97. The lowest BCUT2D eigenvalue weighted by Crippen LogP contribution is -2.28. The number of rotatable bonds is 5. The van der Waals surface area contributed by atoms with Crippen molar-refractivity contribution in [1.29, 1.82) is 0 Å². The van der Waals surface area contributed by atoms with Gasteiger partial charge in [0.1, 0.15) is 5.84 Å². The van der Waals surface area contributed by atoms with Crippen LogP contribution >= 0.6 is 11.8 Å². The molecule has 5 rings (SSSR count). The molecule has 2 nitrogen and oxygen atoms in total. The van der Waals surface area contributed by atoms with Crippen molar-refractivity contribution in [1.82, 2.24) is 4.90 Å². The van der Waals surface area contributed by atoms with E-state index in [2.05, 4.69) is 78.6 Å². The summed E-state index contributed by atoms with van der Waals surface area (Å²) in [5.74, 6) is 2.23. The first-order valence-corrected chi connectivity index (χ1v) is 11.8. The van der Waals surface area contributed by atoms with E-state index in [-0.39, 0.29) is 5.54 Å². The summed E-state index contributed by atoms with van der Waals surface area (Å²) in [7, 11) is 0. The standard InChI is InChI=1S/C26H28N2S/c1-2-15-26(19-29-22-14-13-20-9-3-4-10-21(20)18-22)24-12-6-5-11-23(24)25(27-26)28-16-7-8-17-28/h3-6,9-14,18H,2,7-8,15-17,19H2,1H3. The van der Waals surface area contributed by atoms with Gasteiger partial charge in [-0.1, -0.05) is 67.9 Å². The van der Waals surface area contributed by atoms with Gasteiger partial charge in [-0.3, -0.25) is 4.99 Å². The molecule has 2 aliphatic rings. The molecule has 0 aliphatic carbocycles. The van der Waals surface area contributed by atoms with Gasteiger partial charge < -0.3 is 4.90 Å². The number of fused-ring (bicyclic) bond motifs is 2. The van der Waals surface area contributed by atoms with E-state index in [4.69, 9.17) is 4.99 Å². The number of hydrogen-bond donors (Lipinski definition) is 0. The zero-order valence-corrected chi connectivity index (χ0v) is 17.9. The fraction of sp³-hybridized carbons (Fsp3) is 0.346. The first-order chi connectivity index (χ1) is 14.3. The van der Waals surface area contributed by atoms with Crippen LogP contribution in [0.4, 0.5) is 0 Å². The number of aliphatic imine (C=N–C) groups is 1. The van der Waals surface area contributed by atoms with Crippen LogP contribution < -0.4 is 0 Å². The fourth-order valence-electron chi connectivity index (χ4n) is 4.82. The van der Waals surface area contributed by atoms with Gasteiger partial charge in [-0.05, 0) is 47.7 Å². The lowest BCUT2D eigenvalue weighted by Gasteiger charge is -2.27. The van der Waals surface area contributed by atoms with Crippen molar-refractivity contribution in [3.63, 3.8) is 0 Å². The zero-order valence-electron chi connectivity index (χ0n) is 17.1. The van der Waals surface area contributed by atoms with E-state index < -0.39 is 0 Å². The number of benzene rings is 3. The van der Waals surface area contributed by atoms with Crippen LogP contribution in [0.15, 0.2) is 76.6 Å². The second-order valence-corrected chi connectivity index (χ2v) is 9.30. The van der Waals surface area contributed by atoms with Crippen LogP contribution in [-0.4, -0.2) is 29.6 Å². The van der Waals surface area contributed by atoms with Crippen molar-refractivity contribution < 1.29 is 0 Å². The monoisotopic (exact) mass is 400 g/mol. The van der Waals surface area contributed by atoms with Crippen molar-refractivity contribution in [3.05, 3.63) is 77.9 Å². The summed E-state index contributed by atoms with van der Waals surface area (Å²) in [6.45, 7) is 4.58. The summed E-state index contributed by atoms with van der Waals surface area (Å²) in [6.07, 6.45) is 4.81. The molecule has 2 heterocycles. The van der Waals surface area contributed by atoms with Crippen LogP contribution in [0, 0.1) is 0 Å². The van der Waals surface area contributed by atoms with Crippen molar-refractivity contribution in [2.24, 2.45) is 4.99 Å². The van der Waals surface area contributed by atoms with Crippen molar-refractivity contribution >= 4 is 28.4 Å². The van der Waals surface area contributed by atoms with Crippen LogP contribution in [0.3, 0.4) is 0 Å². The third-order valence-corrected chi connectivity index (χ3v) is 7.47. The zero-order chi connectivity index (χ0) is 19.7. The van der Waals surface area contributed by atoms with Gasteiger partial charge in [-0.25, -0.2) is 0 Å². The van der Waals surface area contributed by atoms with Crippen LogP contribution in [0.1, 0.15) is 43.7 Å². The summed E-state index contributed by atoms with van der Waals surface area (Å²) in [5, 5.41) is 2.62. The smallest absolute Gasteiger partial charge is 0.132 e. The van der Waals surface area contributed by atoms with Gasteiger partial charge in [0, 0.05) is 29.3 Å². The van der Waals surface area contributed by atoms with Gasteiger partial charge >= 0.3 is 0 Å². The predicted octanol–water partition coefficient (Wildman–Crippen LogP) is 6.48. The molecular weight excluding hydrogens is 372 g/mol. The molecule has 0 N–H and O–H groups in total. The maximum atomic E-state index is 5.46. The summed E-state index contributed by atoms with van der Waals surface area (Å²) in [4.78, 5) is 9.30. The Bertz CT molecular complexity index is 1050. The molecule has 0 bridgehead atoms. The molecule has 148 valence electrons. The second kappa shape index (κ2) is 7.87. The van der Waals surface area contributed by atoms with Gasteiger partial charge in [0.15, 0.2) is 0 Å². The van der Waals surface area contributed by atoms with Crippen LogP contribution in [0.5, 0.6) is 0 Å². The topological polar surface area (TPSA) is 15.6 Å². The van der Waals surface area contributed by atoms with E-state index in [0.717, 1.165) is 31.7 Å². The predicted molar refractivity (Wildman–Crippen MR) is 125 cm³/mol. The highest BCUT2D eigenvalue weighted by molar-refractivity contribution is 7.99. The van der Waals surface area contributed by atoms with Gasteiger partial charge in [0.25, 0.3) is 0 Å². The molecule has 0 amide bonds. The number of hydrogen-bond acceptors (Lipinski definition) is 3. The lowest BCUT2D eigenvalue weighted by molar-refractivity contribution is 0.455. The number of thioether (sulfide) groups is 1. The minimum Gasteiger partial charge on any atom is -0.356 e. The van der Waals surface area contributed by atoms with Crippen molar-refractivity contribution in [3.8, 4) is 0 Å². The van der Waals surface area contributed by atoms with Gasteiger partial charge in [0.05, 0.1) is 5.54 Å². The molecule has 0 saturated carbocycles. The largest absolute Gasteiger partial charge is 0.356 e. The van der Waals surface area contributed by atoms with Crippen LogP contribution in [0.25, 0.3) is 10.8 Å². The molecule has 0 radical (unpaired) electrons. The minimum atomic E-state index is -0.112. The molecule has 3 aromatic rings. The SMILES string of the molecule is CCCC1(CSc2ccc3ccccc3c2)N=C(N2CCCC2)c2ccccc21. The number of amidine groups is 1. The number of likely N-dealkylation sites (tertiary alicyclic amines) is 1. The summed E-state index contributed by atoms with van der Waals surface area (Å²) >= 11 is 1.95. The Kier molecular flexibility index (Phi) is 5.09. The quantitative estimate of drug-likeness (QED) is 0.455. The van der Waals surface area contributed by atoms with E-state index in [1.807, 2.05) is 11.8 Å². The first-order valence-electron chi connectivity index (χ1n) is 10.9. The molecule has 1 saturated heterocycles. The van der Waals surface area contributed by atoms with Crippen LogP contribution in [-0.2, 0) is 5.54 Å². The summed E-state index contributed by atoms with van der Waals surface area (Å²) in [6, 6.07) is 24.4. The average molecular weight is 401 g/mol. The Morgan fingerprint density at radius 2 is 1.69 bits per heavy atom. The highest BCUT2D eigenvalue weighted by Gasteiger charge is 2.41. The van der Waals surface area contributed by atoms with E-state index in [9.17, 15) is 0 Å². The molecule has 3 heteroatoms. The Morgan fingerprint density at radius 3 is 2.52 bits per heavy atom. The minimum absolute atomic E-state index is 0.112. The third kappa shape index (κ3) is 3.46. The first kappa shape index (κ1) is 18.7. The van der Waals surface area contributed by atoms with Crippen molar-refractivity contribution in [2.45, 2.75) is 43.0 Å². The highest BCUT2D eigenvalue weighted by Crippen LogP contribution is 2.44. The molecule has 0 spiro atoms. The van der Waals surface area contributed by atoms with E-state index in [1.54, 1.807) is 0 Å². The second-order valence-electron chi connectivity index (χ2n) is 8.25. The van der Waals surface area contributed by atoms with E-state index in [0.29, 0.717) is 0 Å². The van der Waals surface area contributed by atoms with Crippen LogP contribution in [0.2, 0.25) is 0 Å². The molecule has 29 heavy (non-hydrogen) atoms. The molecular formula is C26H28N2S. The van der Waals surface area contributed by atoms with Gasteiger partial charge in [-0.2, -0.15) is 0 Å². The summed E-state index contributed by atoms with van der Waals surface area (Å²) in [5.41, 5.74) is 2.68. The van der Waals surface area contributed by atoms with E-state index in [1.165, 1.54) is 45.5 Å². The average Bonchev–Trinajstić information content (AvgIpc) is 3.40. The maximum Gasteiger partial charge on any atom is 0.132 e. The summed E-state index contributed by atoms with van der Waals surface area (Å²) < 4.78 is 0. The molecule has 1 fully saturated rings. The molecule has 2 aliphatic heterocycles. The Morgan fingerprint density at radius 1 is 0.931 bits per heavy atom. The molecule has 1 atom stereocenters. The Balaban J connectivity index is 1.49. The number of nitrogens with zero attached hydrogens (tertiary/aromatic N) is 2. The molecule has 0 aromatic heterocycles. The van der Waals surface area contributed by atoms with E-state index >= 15 is 0 Å². The Labute approximate surface area is 178 Å². The van der Waals surface area contributed by atoms with Gasteiger partial charge in [-0.15, -0.1) is 11.8 Å². The highest BCUT2D eigenvalue weighted by atomic mass is 32.2. The normalized spacial score (nSPS) is 20.9.